The van der Waals surface area contributed by atoms with E-state index in [1.165, 1.54) is 0 Å². The summed E-state index contributed by atoms with van der Waals surface area (Å²) >= 11 is 0. The molecule has 0 aliphatic rings. The Bertz CT molecular complexity index is 455. The van der Waals surface area contributed by atoms with Gasteiger partial charge in [-0.05, 0) is 38.1 Å². The molecular formula is C14H22N4O2. The number of methoxy groups -OCH3 is 1. The van der Waals surface area contributed by atoms with Gasteiger partial charge in [0.15, 0.2) is 5.96 Å². The van der Waals surface area contributed by atoms with Gasteiger partial charge in [0, 0.05) is 18.2 Å². The van der Waals surface area contributed by atoms with Gasteiger partial charge in [-0.1, -0.05) is 0 Å². The lowest BCUT2D eigenvalue weighted by Crippen LogP contribution is -2.30. The number of carbonyl (C=O) groups excluding carboxylic acids is 1. The lowest BCUT2D eigenvalue weighted by atomic mass is 10.3. The van der Waals surface area contributed by atoms with Gasteiger partial charge in [-0.25, -0.2) is 0 Å². The molecule has 0 atom stereocenters. The highest BCUT2D eigenvalue weighted by Gasteiger charge is 2.02. The Kier molecular flexibility index (Phi) is 6.36. The van der Waals surface area contributed by atoms with Crippen molar-refractivity contribution in [3.63, 3.8) is 0 Å². The quantitative estimate of drug-likeness (QED) is 0.541. The van der Waals surface area contributed by atoms with Crippen molar-refractivity contribution in [1.82, 2.24) is 5.32 Å². The zero-order valence-corrected chi connectivity index (χ0v) is 12.1. The predicted octanol–water partition coefficient (Wildman–Crippen LogP) is 1.34. The van der Waals surface area contributed by atoms with Crippen LogP contribution in [0.4, 0.5) is 5.69 Å². The average molecular weight is 278 g/mol. The van der Waals surface area contributed by atoms with Crippen LogP contribution < -0.4 is 21.1 Å². The second kappa shape index (κ2) is 8.04. The third kappa shape index (κ3) is 6.08. The molecule has 0 radical (unpaired) electrons. The van der Waals surface area contributed by atoms with Crippen LogP contribution in [0.2, 0.25) is 0 Å². The van der Waals surface area contributed by atoms with Gasteiger partial charge in [-0.15, -0.1) is 0 Å². The number of benzene rings is 1. The zero-order valence-electron chi connectivity index (χ0n) is 12.1. The number of nitrogens with two attached hydrogens (primary N) is 1. The minimum absolute atomic E-state index is 0.0269. The fourth-order valence-electron chi connectivity index (χ4n) is 1.53. The molecule has 0 heterocycles. The molecule has 1 amide bonds. The number of anilines is 1. The molecule has 0 spiro atoms. The van der Waals surface area contributed by atoms with E-state index in [0.29, 0.717) is 13.0 Å². The number of carbonyl (C=O) groups is 1. The number of nitrogens with zero attached hydrogens (tertiary/aromatic N) is 1. The Hall–Kier alpha value is -2.24. The van der Waals surface area contributed by atoms with Crippen LogP contribution in [-0.2, 0) is 4.79 Å². The molecule has 0 aliphatic heterocycles. The van der Waals surface area contributed by atoms with E-state index in [-0.39, 0.29) is 17.9 Å². The van der Waals surface area contributed by atoms with Crippen molar-refractivity contribution >= 4 is 17.6 Å². The predicted molar refractivity (Wildman–Crippen MR) is 81.0 cm³/mol. The van der Waals surface area contributed by atoms with Crippen LogP contribution in [0.3, 0.4) is 0 Å². The first kappa shape index (κ1) is 15.8. The monoisotopic (exact) mass is 278 g/mol. The molecule has 4 N–H and O–H groups in total. The molecule has 1 aromatic rings. The summed E-state index contributed by atoms with van der Waals surface area (Å²) in [6.45, 7) is 4.19. The van der Waals surface area contributed by atoms with Crippen molar-refractivity contribution in [2.45, 2.75) is 26.3 Å². The standard InChI is InChI=1S/C14H22N4O2/c1-10(2)17-13(19)8-9-16-14(15)18-11-4-6-12(20-3)7-5-11/h4-7,10H,8-9H2,1-3H3,(H,17,19)(H3,15,16,18). The Labute approximate surface area is 119 Å². The summed E-state index contributed by atoms with van der Waals surface area (Å²) in [5, 5.41) is 5.74. The lowest BCUT2D eigenvalue weighted by Gasteiger charge is -2.08. The Balaban J connectivity index is 2.39. The van der Waals surface area contributed by atoms with Gasteiger partial charge in [0.2, 0.25) is 5.91 Å². The van der Waals surface area contributed by atoms with Crippen LogP contribution in [0.1, 0.15) is 20.3 Å². The maximum absolute atomic E-state index is 11.4. The molecule has 0 aromatic heterocycles. The first-order chi connectivity index (χ1) is 9.51. The number of aliphatic imine (C=N–C) groups is 1. The molecule has 110 valence electrons. The Morgan fingerprint density at radius 2 is 2.00 bits per heavy atom. The number of hydrogen-bond acceptors (Lipinski definition) is 3. The van der Waals surface area contributed by atoms with Gasteiger partial charge in [-0.3, -0.25) is 9.79 Å². The molecular weight excluding hydrogens is 256 g/mol. The summed E-state index contributed by atoms with van der Waals surface area (Å²) < 4.78 is 5.06. The van der Waals surface area contributed by atoms with Gasteiger partial charge in [0.1, 0.15) is 5.75 Å². The fourth-order valence-corrected chi connectivity index (χ4v) is 1.53. The summed E-state index contributed by atoms with van der Waals surface area (Å²) in [5.74, 6) is 1.03. The van der Waals surface area contributed by atoms with E-state index in [2.05, 4.69) is 15.6 Å². The van der Waals surface area contributed by atoms with Crippen molar-refractivity contribution in [2.75, 3.05) is 19.0 Å². The number of ether oxygens (including phenoxy) is 1. The first-order valence-corrected chi connectivity index (χ1v) is 6.51. The van der Waals surface area contributed by atoms with Gasteiger partial charge in [0.05, 0.1) is 13.7 Å². The van der Waals surface area contributed by atoms with Crippen LogP contribution >= 0.6 is 0 Å². The van der Waals surface area contributed by atoms with E-state index in [0.717, 1.165) is 11.4 Å². The highest BCUT2D eigenvalue weighted by molar-refractivity contribution is 5.92. The van der Waals surface area contributed by atoms with Crippen molar-refractivity contribution < 1.29 is 9.53 Å². The average Bonchev–Trinajstić information content (AvgIpc) is 2.38. The summed E-state index contributed by atoms with van der Waals surface area (Å²) in [6, 6.07) is 7.47. The fraction of sp³-hybridized carbons (Fsp3) is 0.429. The van der Waals surface area contributed by atoms with E-state index in [1.54, 1.807) is 7.11 Å². The molecule has 0 saturated carbocycles. The molecule has 0 aliphatic carbocycles. The van der Waals surface area contributed by atoms with Crippen LogP contribution in [0.25, 0.3) is 0 Å². The van der Waals surface area contributed by atoms with Crippen LogP contribution in [0.15, 0.2) is 29.3 Å². The topological polar surface area (TPSA) is 88.7 Å². The minimum atomic E-state index is -0.0269. The summed E-state index contributed by atoms with van der Waals surface area (Å²) in [6.07, 6.45) is 0.323. The highest BCUT2D eigenvalue weighted by atomic mass is 16.5. The number of hydrogen-bond donors (Lipinski definition) is 3. The van der Waals surface area contributed by atoms with Crippen molar-refractivity contribution in [3.05, 3.63) is 24.3 Å². The van der Waals surface area contributed by atoms with E-state index in [9.17, 15) is 4.79 Å². The molecule has 1 aromatic carbocycles. The van der Waals surface area contributed by atoms with Crippen molar-refractivity contribution in [1.29, 1.82) is 0 Å². The lowest BCUT2D eigenvalue weighted by molar-refractivity contribution is -0.121. The molecule has 0 bridgehead atoms. The highest BCUT2D eigenvalue weighted by Crippen LogP contribution is 2.14. The van der Waals surface area contributed by atoms with Gasteiger partial charge in [-0.2, -0.15) is 0 Å². The first-order valence-electron chi connectivity index (χ1n) is 6.51. The summed E-state index contributed by atoms with van der Waals surface area (Å²) in [7, 11) is 1.61. The maximum Gasteiger partial charge on any atom is 0.222 e. The molecule has 0 fully saturated rings. The van der Waals surface area contributed by atoms with Crippen LogP contribution in [0.5, 0.6) is 5.75 Å². The van der Waals surface area contributed by atoms with E-state index in [4.69, 9.17) is 10.5 Å². The molecule has 6 heteroatoms. The van der Waals surface area contributed by atoms with Crippen LogP contribution in [-0.4, -0.2) is 31.6 Å². The van der Waals surface area contributed by atoms with E-state index < -0.39 is 0 Å². The third-order valence-electron chi connectivity index (χ3n) is 2.43. The minimum Gasteiger partial charge on any atom is -0.497 e. The second-order valence-corrected chi connectivity index (χ2v) is 4.59. The number of guanidine groups is 1. The Morgan fingerprint density at radius 1 is 1.35 bits per heavy atom. The van der Waals surface area contributed by atoms with E-state index >= 15 is 0 Å². The summed E-state index contributed by atoms with van der Waals surface area (Å²) in [4.78, 5) is 15.5. The van der Waals surface area contributed by atoms with Crippen molar-refractivity contribution in [3.8, 4) is 5.75 Å². The smallest absolute Gasteiger partial charge is 0.222 e. The third-order valence-corrected chi connectivity index (χ3v) is 2.43. The second-order valence-electron chi connectivity index (χ2n) is 4.59. The molecule has 1 rings (SSSR count). The number of amides is 1. The van der Waals surface area contributed by atoms with Gasteiger partial charge < -0.3 is 21.1 Å². The molecule has 0 saturated heterocycles. The van der Waals surface area contributed by atoms with Gasteiger partial charge >= 0.3 is 0 Å². The molecule has 20 heavy (non-hydrogen) atoms. The van der Waals surface area contributed by atoms with Crippen LogP contribution in [0, 0.1) is 0 Å². The zero-order chi connectivity index (χ0) is 15.0. The SMILES string of the molecule is COc1ccc(NC(N)=NCCC(=O)NC(C)C)cc1. The Morgan fingerprint density at radius 3 is 2.55 bits per heavy atom. The van der Waals surface area contributed by atoms with Gasteiger partial charge in [0.25, 0.3) is 0 Å². The maximum atomic E-state index is 11.4. The molecule has 6 nitrogen and oxygen atoms in total. The molecule has 0 unspecified atom stereocenters. The van der Waals surface area contributed by atoms with Crippen molar-refractivity contribution in [2.24, 2.45) is 10.7 Å². The largest absolute Gasteiger partial charge is 0.497 e. The number of rotatable bonds is 6. The number of nitrogens with one attached hydrogen (secondary N) is 2. The van der Waals surface area contributed by atoms with E-state index in [1.807, 2.05) is 38.1 Å². The summed E-state index contributed by atoms with van der Waals surface area (Å²) in [5.41, 5.74) is 6.56. The normalized spacial score (nSPS) is 11.3.